The van der Waals surface area contributed by atoms with Crippen LogP contribution in [-0.4, -0.2) is 29.6 Å². The van der Waals surface area contributed by atoms with Crippen molar-refractivity contribution >= 4 is 5.82 Å². The van der Waals surface area contributed by atoms with Crippen LogP contribution in [0.2, 0.25) is 0 Å². The average molecular weight is 178 g/mol. The van der Waals surface area contributed by atoms with Crippen LogP contribution in [0.5, 0.6) is 0 Å². The summed E-state index contributed by atoms with van der Waals surface area (Å²) in [6, 6.07) is 1.94. The van der Waals surface area contributed by atoms with Crippen molar-refractivity contribution in [1.29, 1.82) is 0 Å². The molecule has 0 bridgehead atoms. The molecule has 0 unspecified atom stereocenters. The molecule has 0 aliphatic carbocycles. The van der Waals surface area contributed by atoms with Gasteiger partial charge in [0.05, 0.1) is 0 Å². The number of hydrogen-bond acceptors (Lipinski definition) is 4. The van der Waals surface area contributed by atoms with Crippen LogP contribution < -0.4 is 10.6 Å². The zero-order chi connectivity index (χ0) is 9.26. The Labute approximate surface area is 77.8 Å². The molecule has 4 heteroatoms. The summed E-state index contributed by atoms with van der Waals surface area (Å²) in [5.74, 6) is 2.50. The molecule has 70 valence electrons. The number of rotatable bonds is 2. The lowest BCUT2D eigenvalue weighted by molar-refractivity contribution is 0.416. The third-order valence-corrected chi connectivity index (χ3v) is 2.38. The van der Waals surface area contributed by atoms with E-state index < -0.39 is 0 Å². The summed E-state index contributed by atoms with van der Waals surface area (Å²) in [5.41, 5.74) is 5.54. The highest BCUT2D eigenvalue weighted by atomic mass is 15.2. The summed E-state index contributed by atoms with van der Waals surface area (Å²) in [6.45, 7) is 4.75. The third kappa shape index (κ3) is 1.62. The van der Waals surface area contributed by atoms with Crippen molar-refractivity contribution in [1.82, 2.24) is 9.97 Å². The molecule has 1 aromatic heterocycles. The zero-order valence-corrected chi connectivity index (χ0v) is 7.77. The van der Waals surface area contributed by atoms with Gasteiger partial charge in [-0.15, -0.1) is 0 Å². The zero-order valence-electron chi connectivity index (χ0n) is 7.77. The van der Waals surface area contributed by atoms with E-state index in [4.69, 9.17) is 5.73 Å². The van der Waals surface area contributed by atoms with E-state index in [0.29, 0.717) is 5.92 Å². The van der Waals surface area contributed by atoms with Gasteiger partial charge in [0.1, 0.15) is 11.6 Å². The normalized spacial score (nSPS) is 17.2. The molecule has 1 aliphatic heterocycles. The van der Waals surface area contributed by atoms with E-state index in [9.17, 15) is 0 Å². The van der Waals surface area contributed by atoms with Crippen LogP contribution in [0.4, 0.5) is 5.82 Å². The Bertz CT molecular complexity index is 293. The Morgan fingerprint density at radius 1 is 1.62 bits per heavy atom. The number of nitrogens with two attached hydrogens (primary N) is 1. The summed E-state index contributed by atoms with van der Waals surface area (Å²) in [7, 11) is 0. The quantitative estimate of drug-likeness (QED) is 0.702. The molecule has 2 N–H and O–H groups in total. The Hall–Kier alpha value is -1.16. The fraction of sp³-hybridized carbons (Fsp3) is 0.556. The summed E-state index contributed by atoms with van der Waals surface area (Å²) in [6.07, 6.45) is 1.80. The van der Waals surface area contributed by atoms with Crippen LogP contribution in [0.1, 0.15) is 5.82 Å². The van der Waals surface area contributed by atoms with Crippen LogP contribution in [0.25, 0.3) is 0 Å². The second kappa shape index (κ2) is 3.30. The first-order valence-corrected chi connectivity index (χ1v) is 4.54. The van der Waals surface area contributed by atoms with Crippen molar-refractivity contribution in [2.75, 3.05) is 24.5 Å². The second-order valence-corrected chi connectivity index (χ2v) is 3.47. The van der Waals surface area contributed by atoms with E-state index in [1.54, 1.807) is 6.20 Å². The van der Waals surface area contributed by atoms with Crippen LogP contribution in [0.3, 0.4) is 0 Å². The number of nitrogens with zero attached hydrogens (tertiary/aromatic N) is 3. The van der Waals surface area contributed by atoms with Crippen molar-refractivity contribution < 1.29 is 0 Å². The largest absolute Gasteiger partial charge is 0.356 e. The Morgan fingerprint density at radius 2 is 2.38 bits per heavy atom. The molecule has 0 radical (unpaired) electrons. The Balaban J connectivity index is 2.03. The molecular formula is C9H14N4. The molecule has 1 aromatic rings. The standard InChI is InChI=1S/C9H14N4/c1-7-11-3-2-9(12-7)13-5-8(4-10)6-13/h2-3,8H,4-6,10H2,1H3. The topological polar surface area (TPSA) is 55.0 Å². The van der Waals surface area contributed by atoms with Gasteiger partial charge in [0.25, 0.3) is 0 Å². The SMILES string of the molecule is Cc1nccc(N2CC(CN)C2)n1. The first-order chi connectivity index (χ1) is 6.29. The fourth-order valence-corrected chi connectivity index (χ4v) is 1.53. The Kier molecular flexibility index (Phi) is 2.14. The fourth-order valence-electron chi connectivity index (χ4n) is 1.53. The van der Waals surface area contributed by atoms with Gasteiger partial charge in [-0.2, -0.15) is 0 Å². The molecule has 13 heavy (non-hydrogen) atoms. The van der Waals surface area contributed by atoms with Gasteiger partial charge in [-0.25, -0.2) is 9.97 Å². The van der Waals surface area contributed by atoms with E-state index >= 15 is 0 Å². The molecule has 0 saturated carbocycles. The molecule has 1 fully saturated rings. The van der Waals surface area contributed by atoms with E-state index in [2.05, 4.69) is 14.9 Å². The maximum absolute atomic E-state index is 5.54. The summed E-state index contributed by atoms with van der Waals surface area (Å²) < 4.78 is 0. The first-order valence-electron chi connectivity index (χ1n) is 4.54. The molecule has 1 aliphatic rings. The van der Waals surface area contributed by atoms with Gasteiger partial charge < -0.3 is 10.6 Å². The molecule has 2 heterocycles. The molecular weight excluding hydrogens is 164 g/mol. The summed E-state index contributed by atoms with van der Waals surface area (Å²) in [5, 5.41) is 0. The van der Waals surface area contributed by atoms with Gasteiger partial charge in [0.2, 0.25) is 0 Å². The van der Waals surface area contributed by atoms with Crippen molar-refractivity contribution in [3.05, 3.63) is 18.1 Å². The lowest BCUT2D eigenvalue weighted by Crippen LogP contribution is -2.50. The predicted molar refractivity (Wildman–Crippen MR) is 51.5 cm³/mol. The Morgan fingerprint density at radius 3 is 3.00 bits per heavy atom. The monoisotopic (exact) mass is 178 g/mol. The summed E-state index contributed by atoms with van der Waals surface area (Å²) >= 11 is 0. The first kappa shape index (κ1) is 8.44. The summed E-state index contributed by atoms with van der Waals surface area (Å²) in [4.78, 5) is 10.6. The minimum atomic E-state index is 0.648. The second-order valence-electron chi connectivity index (χ2n) is 3.47. The van der Waals surface area contributed by atoms with Crippen LogP contribution >= 0.6 is 0 Å². The predicted octanol–water partition coefficient (Wildman–Crippen LogP) is 0.180. The smallest absolute Gasteiger partial charge is 0.132 e. The van der Waals surface area contributed by atoms with Crippen LogP contribution in [-0.2, 0) is 0 Å². The minimum absolute atomic E-state index is 0.648. The lowest BCUT2D eigenvalue weighted by atomic mass is 10.0. The molecule has 0 amide bonds. The van der Waals surface area contributed by atoms with E-state index in [1.165, 1.54) is 0 Å². The highest BCUT2D eigenvalue weighted by Gasteiger charge is 2.26. The van der Waals surface area contributed by atoms with E-state index in [1.807, 2.05) is 13.0 Å². The highest BCUT2D eigenvalue weighted by Crippen LogP contribution is 2.21. The van der Waals surface area contributed by atoms with Crippen LogP contribution in [0, 0.1) is 12.8 Å². The maximum atomic E-state index is 5.54. The van der Waals surface area contributed by atoms with Gasteiger partial charge in [-0.3, -0.25) is 0 Å². The van der Waals surface area contributed by atoms with Crippen molar-refractivity contribution in [3.8, 4) is 0 Å². The van der Waals surface area contributed by atoms with Gasteiger partial charge in [-0.1, -0.05) is 0 Å². The van der Waals surface area contributed by atoms with Crippen molar-refractivity contribution in [2.45, 2.75) is 6.92 Å². The van der Waals surface area contributed by atoms with Gasteiger partial charge in [-0.05, 0) is 19.5 Å². The molecule has 0 spiro atoms. The molecule has 2 rings (SSSR count). The van der Waals surface area contributed by atoms with Gasteiger partial charge in [0.15, 0.2) is 0 Å². The third-order valence-electron chi connectivity index (χ3n) is 2.38. The van der Waals surface area contributed by atoms with Gasteiger partial charge in [0, 0.05) is 25.2 Å². The van der Waals surface area contributed by atoms with Crippen molar-refractivity contribution in [2.24, 2.45) is 11.7 Å². The highest BCUT2D eigenvalue weighted by molar-refractivity contribution is 5.40. The number of aromatic nitrogens is 2. The van der Waals surface area contributed by atoms with Crippen LogP contribution in [0.15, 0.2) is 12.3 Å². The maximum Gasteiger partial charge on any atom is 0.132 e. The van der Waals surface area contributed by atoms with E-state index in [0.717, 1.165) is 31.3 Å². The molecule has 4 nitrogen and oxygen atoms in total. The molecule has 0 atom stereocenters. The van der Waals surface area contributed by atoms with E-state index in [-0.39, 0.29) is 0 Å². The lowest BCUT2D eigenvalue weighted by Gasteiger charge is -2.39. The molecule has 1 saturated heterocycles. The van der Waals surface area contributed by atoms with Gasteiger partial charge >= 0.3 is 0 Å². The van der Waals surface area contributed by atoms with Crippen molar-refractivity contribution in [3.63, 3.8) is 0 Å². The molecule has 0 aromatic carbocycles. The average Bonchev–Trinajstić information content (AvgIpc) is 2.02. The number of hydrogen-bond donors (Lipinski definition) is 1. The number of aryl methyl sites for hydroxylation is 1. The number of anilines is 1. The minimum Gasteiger partial charge on any atom is -0.356 e.